The number of nitrogens with one attached hydrogen (secondary N) is 1. The summed E-state index contributed by atoms with van der Waals surface area (Å²) in [4.78, 5) is 17.9. The Kier molecular flexibility index (Phi) is 9.63. The minimum absolute atomic E-state index is 0.105. The average Bonchev–Trinajstić information content (AvgIpc) is 3.31. The SMILES string of the molecule is COc1ccc(CN2C[C@@H](COc3cccc(F)c3)C[C@@H](C(=O)NCCC3CCCN3C)C2)cc1OC. The van der Waals surface area contributed by atoms with Crippen LogP contribution in [0.1, 0.15) is 31.2 Å². The van der Waals surface area contributed by atoms with Gasteiger partial charge in [-0.15, -0.1) is 0 Å². The summed E-state index contributed by atoms with van der Waals surface area (Å²) in [5, 5.41) is 3.20. The van der Waals surface area contributed by atoms with E-state index < -0.39 is 0 Å². The second kappa shape index (κ2) is 13.1. The third-order valence-electron chi connectivity index (χ3n) is 7.57. The number of carbonyl (C=O) groups is 1. The second-order valence-corrected chi connectivity index (χ2v) is 10.3. The van der Waals surface area contributed by atoms with Crippen LogP contribution in [0.5, 0.6) is 17.2 Å². The van der Waals surface area contributed by atoms with Crippen molar-refractivity contribution in [2.75, 3.05) is 54.1 Å². The Morgan fingerprint density at radius 3 is 2.68 bits per heavy atom. The van der Waals surface area contributed by atoms with Crippen LogP contribution in [0, 0.1) is 17.7 Å². The minimum atomic E-state index is -0.318. The number of rotatable bonds is 11. The van der Waals surface area contributed by atoms with E-state index in [1.54, 1.807) is 26.4 Å². The highest BCUT2D eigenvalue weighted by atomic mass is 19.1. The first kappa shape index (κ1) is 27.2. The van der Waals surface area contributed by atoms with Crippen molar-refractivity contribution in [3.8, 4) is 17.2 Å². The number of benzene rings is 2. The van der Waals surface area contributed by atoms with Crippen LogP contribution in [0.3, 0.4) is 0 Å². The molecule has 2 heterocycles. The van der Waals surface area contributed by atoms with Gasteiger partial charge in [-0.1, -0.05) is 12.1 Å². The van der Waals surface area contributed by atoms with Crippen LogP contribution in [0.25, 0.3) is 0 Å². The topological polar surface area (TPSA) is 63.3 Å². The minimum Gasteiger partial charge on any atom is -0.493 e. The van der Waals surface area contributed by atoms with Gasteiger partial charge in [0.1, 0.15) is 11.6 Å². The fourth-order valence-corrected chi connectivity index (χ4v) is 5.60. The maximum absolute atomic E-state index is 13.6. The predicted octanol–water partition coefficient (Wildman–Crippen LogP) is 3.96. The molecule has 7 nitrogen and oxygen atoms in total. The van der Waals surface area contributed by atoms with Crippen LogP contribution in [0.2, 0.25) is 0 Å². The van der Waals surface area contributed by atoms with Crippen molar-refractivity contribution in [3.63, 3.8) is 0 Å². The lowest BCUT2D eigenvalue weighted by Gasteiger charge is -2.37. The maximum Gasteiger partial charge on any atom is 0.224 e. The zero-order valence-electron chi connectivity index (χ0n) is 22.2. The molecular formula is C29H40FN3O4. The highest BCUT2D eigenvalue weighted by Crippen LogP contribution is 2.30. The van der Waals surface area contributed by atoms with E-state index in [1.807, 2.05) is 18.2 Å². The van der Waals surface area contributed by atoms with E-state index in [9.17, 15) is 9.18 Å². The molecule has 2 fully saturated rings. The molecule has 4 rings (SSSR count). The van der Waals surface area contributed by atoms with Crippen molar-refractivity contribution in [1.29, 1.82) is 0 Å². The molecular weight excluding hydrogens is 473 g/mol. The van der Waals surface area contributed by atoms with Gasteiger partial charge < -0.3 is 24.4 Å². The van der Waals surface area contributed by atoms with Crippen LogP contribution < -0.4 is 19.5 Å². The number of piperidine rings is 1. The highest BCUT2D eigenvalue weighted by Gasteiger charge is 2.32. The molecule has 8 heteroatoms. The molecule has 37 heavy (non-hydrogen) atoms. The van der Waals surface area contributed by atoms with Crippen molar-refractivity contribution in [2.24, 2.45) is 11.8 Å². The van der Waals surface area contributed by atoms with Crippen molar-refractivity contribution < 1.29 is 23.4 Å². The van der Waals surface area contributed by atoms with Crippen molar-refractivity contribution in [1.82, 2.24) is 15.1 Å². The molecule has 0 aliphatic carbocycles. The van der Waals surface area contributed by atoms with Crippen molar-refractivity contribution in [3.05, 3.63) is 53.8 Å². The quantitative estimate of drug-likeness (QED) is 0.491. The molecule has 1 N–H and O–H groups in total. The van der Waals surface area contributed by atoms with Gasteiger partial charge in [0.25, 0.3) is 0 Å². The lowest BCUT2D eigenvalue weighted by molar-refractivity contribution is -0.127. The van der Waals surface area contributed by atoms with E-state index in [1.165, 1.54) is 25.0 Å². The number of hydrogen-bond donors (Lipinski definition) is 1. The summed E-state index contributed by atoms with van der Waals surface area (Å²) in [5.41, 5.74) is 1.09. The first-order chi connectivity index (χ1) is 17.9. The summed E-state index contributed by atoms with van der Waals surface area (Å²) in [6.45, 7) is 4.43. The van der Waals surface area contributed by atoms with E-state index >= 15 is 0 Å². The fraction of sp³-hybridized carbons (Fsp3) is 0.552. The summed E-state index contributed by atoms with van der Waals surface area (Å²) in [6, 6.07) is 12.7. The molecule has 2 saturated heterocycles. The zero-order valence-corrected chi connectivity index (χ0v) is 22.2. The maximum atomic E-state index is 13.6. The van der Waals surface area contributed by atoms with Gasteiger partial charge in [0, 0.05) is 44.2 Å². The van der Waals surface area contributed by atoms with Crippen LogP contribution in [-0.2, 0) is 11.3 Å². The Labute approximate surface area is 219 Å². The largest absolute Gasteiger partial charge is 0.493 e. The number of nitrogens with zero attached hydrogens (tertiary/aromatic N) is 2. The summed E-state index contributed by atoms with van der Waals surface area (Å²) in [7, 11) is 5.42. The molecule has 0 saturated carbocycles. The first-order valence-electron chi connectivity index (χ1n) is 13.2. The van der Waals surface area contributed by atoms with Crippen molar-refractivity contribution >= 4 is 5.91 Å². The Hall–Kier alpha value is -2.84. The second-order valence-electron chi connectivity index (χ2n) is 10.3. The monoisotopic (exact) mass is 513 g/mol. The van der Waals surface area contributed by atoms with Gasteiger partial charge in [-0.2, -0.15) is 0 Å². The Morgan fingerprint density at radius 1 is 1.11 bits per heavy atom. The lowest BCUT2D eigenvalue weighted by atomic mass is 9.88. The van der Waals surface area contributed by atoms with Crippen LogP contribution in [0.4, 0.5) is 4.39 Å². The van der Waals surface area contributed by atoms with Gasteiger partial charge in [-0.3, -0.25) is 9.69 Å². The number of ether oxygens (including phenoxy) is 3. The predicted molar refractivity (Wildman–Crippen MR) is 142 cm³/mol. The Morgan fingerprint density at radius 2 is 1.95 bits per heavy atom. The molecule has 202 valence electrons. The average molecular weight is 514 g/mol. The molecule has 3 atom stereocenters. The van der Waals surface area contributed by atoms with Gasteiger partial charge in [0.2, 0.25) is 5.91 Å². The third-order valence-corrected chi connectivity index (χ3v) is 7.57. The van der Waals surface area contributed by atoms with E-state index in [2.05, 4.69) is 22.2 Å². The van der Waals surface area contributed by atoms with E-state index in [4.69, 9.17) is 14.2 Å². The summed E-state index contributed by atoms with van der Waals surface area (Å²) in [5.74, 6) is 1.70. The van der Waals surface area contributed by atoms with Gasteiger partial charge in [0.05, 0.1) is 26.7 Å². The summed E-state index contributed by atoms with van der Waals surface area (Å²) in [6.07, 6.45) is 4.16. The number of halogens is 1. The molecule has 1 unspecified atom stereocenters. The molecule has 0 radical (unpaired) electrons. The molecule has 2 aromatic carbocycles. The number of amides is 1. The van der Waals surface area contributed by atoms with E-state index in [0.717, 1.165) is 31.5 Å². The zero-order chi connectivity index (χ0) is 26.2. The lowest BCUT2D eigenvalue weighted by Crippen LogP contribution is -2.47. The van der Waals surface area contributed by atoms with E-state index in [-0.39, 0.29) is 23.6 Å². The molecule has 2 aliphatic heterocycles. The summed E-state index contributed by atoms with van der Waals surface area (Å²) < 4.78 is 30.4. The molecule has 2 aliphatic rings. The fourth-order valence-electron chi connectivity index (χ4n) is 5.60. The molecule has 0 spiro atoms. The molecule has 2 aromatic rings. The highest BCUT2D eigenvalue weighted by molar-refractivity contribution is 5.79. The standard InChI is InChI=1S/C29H40FN3O4/c1-32-13-5-7-25(32)11-12-31-29(34)23-14-22(20-37-26-8-4-6-24(30)16-26)18-33(19-23)17-21-9-10-27(35-2)28(15-21)36-3/h4,6,8-10,15-16,22-23,25H,5,7,11-14,17-20H2,1-3H3,(H,31,34)/t22-,23+,25?/m0/s1. The van der Waals surface area contributed by atoms with Crippen LogP contribution in [-0.4, -0.2) is 75.8 Å². The van der Waals surface area contributed by atoms with Crippen LogP contribution >= 0.6 is 0 Å². The van der Waals surface area contributed by atoms with E-state index in [0.29, 0.717) is 49.5 Å². The van der Waals surface area contributed by atoms with Gasteiger partial charge in [-0.25, -0.2) is 4.39 Å². The number of carbonyl (C=O) groups excluding carboxylic acids is 1. The number of hydrogen-bond acceptors (Lipinski definition) is 6. The third kappa shape index (κ3) is 7.58. The van der Waals surface area contributed by atoms with Gasteiger partial charge in [0.15, 0.2) is 11.5 Å². The first-order valence-corrected chi connectivity index (χ1v) is 13.2. The van der Waals surface area contributed by atoms with Crippen molar-refractivity contribution in [2.45, 2.75) is 38.3 Å². The molecule has 0 aromatic heterocycles. The van der Waals surface area contributed by atoms with Gasteiger partial charge >= 0.3 is 0 Å². The Balaban J connectivity index is 1.40. The number of likely N-dealkylation sites (tertiary alicyclic amines) is 2. The molecule has 1 amide bonds. The smallest absolute Gasteiger partial charge is 0.224 e. The summed E-state index contributed by atoms with van der Waals surface area (Å²) >= 11 is 0. The molecule has 0 bridgehead atoms. The number of methoxy groups -OCH3 is 2. The van der Waals surface area contributed by atoms with Crippen LogP contribution in [0.15, 0.2) is 42.5 Å². The normalized spacial score (nSPS) is 22.5. The van der Waals surface area contributed by atoms with Gasteiger partial charge in [-0.05, 0) is 69.1 Å². The Bertz CT molecular complexity index is 1040.